The number of hydrogen-bond donors (Lipinski definition) is 3. The number of carbonyl (C=O) groups is 2. The summed E-state index contributed by atoms with van der Waals surface area (Å²) in [5.74, 6) is 0.419. The molecule has 49 heavy (non-hydrogen) atoms. The van der Waals surface area contributed by atoms with Gasteiger partial charge in [-0.3, -0.25) is 19.3 Å². The van der Waals surface area contributed by atoms with E-state index in [4.69, 9.17) is 14.2 Å². The van der Waals surface area contributed by atoms with Gasteiger partial charge in [0.2, 0.25) is 11.8 Å². The van der Waals surface area contributed by atoms with Crippen molar-refractivity contribution in [2.45, 2.75) is 77.2 Å². The number of nitrogens with zero attached hydrogens (tertiary/aromatic N) is 3. The maximum absolute atomic E-state index is 14.6. The third kappa shape index (κ3) is 10.4. The Balaban J connectivity index is 1.71. The van der Waals surface area contributed by atoms with Gasteiger partial charge in [-0.05, 0) is 56.3 Å². The Morgan fingerprint density at radius 1 is 1.06 bits per heavy atom. The number of amides is 2. The van der Waals surface area contributed by atoms with Gasteiger partial charge in [-0.1, -0.05) is 26.0 Å². The molecule has 2 amide bonds. The molecule has 1 aromatic heterocycles. The lowest BCUT2D eigenvalue weighted by atomic mass is 9.82. The van der Waals surface area contributed by atoms with Gasteiger partial charge in [0.1, 0.15) is 24.1 Å². The number of carbonyl (C=O) groups excluding carboxylic acids is 2. The molecule has 6 atom stereocenters. The Hall–Kier alpha value is -3.29. The summed E-state index contributed by atoms with van der Waals surface area (Å²) < 4.78 is 17.0. The molecule has 4 rings (SSSR count). The lowest BCUT2D eigenvalue weighted by molar-refractivity contribution is -0.140. The van der Waals surface area contributed by atoms with Crippen molar-refractivity contribution in [1.82, 2.24) is 19.7 Å². The molecular formula is C37H56N4O8. The summed E-state index contributed by atoms with van der Waals surface area (Å²) >= 11 is 0. The lowest BCUT2D eigenvalue weighted by Crippen LogP contribution is -2.51. The van der Waals surface area contributed by atoms with Crippen molar-refractivity contribution in [3.8, 4) is 5.75 Å². The minimum atomic E-state index is -1.26. The molecule has 1 unspecified atom stereocenters. The number of aromatic nitrogens is 1. The maximum Gasteiger partial charge on any atom is 0.237 e. The summed E-state index contributed by atoms with van der Waals surface area (Å²) in [6.07, 6.45) is -1.16. The Labute approximate surface area is 290 Å². The average Bonchev–Trinajstić information content (AvgIpc) is 3.53. The second kappa shape index (κ2) is 18.1. The summed E-state index contributed by atoms with van der Waals surface area (Å²) in [7, 11) is 3.07. The number of aliphatic hydroxyl groups excluding tert-OH is 2. The van der Waals surface area contributed by atoms with Gasteiger partial charge in [0.05, 0.1) is 26.3 Å². The minimum Gasteiger partial charge on any atom is -0.497 e. The normalized spacial score (nSPS) is 26.7. The van der Waals surface area contributed by atoms with Crippen molar-refractivity contribution in [2.24, 2.45) is 11.8 Å². The molecule has 2 saturated heterocycles. The van der Waals surface area contributed by atoms with Crippen molar-refractivity contribution in [3.05, 3.63) is 63.6 Å². The molecule has 1 aromatic carbocycles. The monoisotopic (exact) mass is 684 g/mol. The molecule has 0 bridgehead atoms. The second-order valence-corrected chi connectivity index (χ2v) is 13.9. The van der Waals surface area contributed by atoms with Crippen LogP contribution in [-0.2, 0) is 19.1 Å². The van der Waals surface area contributed by atoms with Crippen molar-refractivity contribution in [3.63, 3.8) is 0 Å². The summed E-state index contributed by atoms with van der Waals surface area (Å²) in [4.78, 5) is 49.1. The van der Waals surface area contributed by atoms with Gasteiger partial charge >= 0.3 is 0 Å². The van der Waals surface area contributed by atoms with Gasteiger partial charge in [-0.2, -0.15) is 0 Å². The number of H-pyrrole nitrogens is 1. The van der Waals surface area contributed by atoms with Crippen LogP contribution < -0.4 is 10.2 Å². The quantitative estimate of drug-likeness (QED) is 0.401. The molecule has 0 radical (unpaired) electrons. The van der Waals surface area contributed by atoms with Crippen LogP contribution in [0.25, 0.3) is 0 Å². The van der Waals surface area contributed by atoms with E-state index in [9.17, 15) is 24.6 Å². The molecule has 2 aromatic rings. The summed E-state index contributed by atoms with van der Waals surface area (Å²) in [5.41, 5.74) is 2.61. The highest BCUT2D eigenvalue weighted by atomic mass is 16.5. The predicted octanol–water partition coefficient (Wildman–Crippen LogP) is 2.72. The number of aryl methyl sites for hydroxylation is 1. The number of benzene rings is 1. The van der Waals surface area contributed by atoms with Crippen LogP contribution in [0.3, 0.4) is 0 Å². The molecule has 272 valence electrons. The van der Waals surface area contributed by atoms with Gasteiger partial charge < -0.3 is 39.2 Å². The van der Waals surface area contributed by atoms with E-state index < -0.39 is 24.4 Å². The first-order valence-electron chi connectivity index (χ1n) is 17.5. The Bertz CT molecular complexity index is 1430. The molecule has 2 aliphatic rings. The first-order valence-corrected chi connectivity index (χ1v) is 17.5. The van der Waals surface area contributed by atoms with Crippen LogP contribution in [0.2, 0.25) is 0 Å². The number of methoxy groups -OCH3 is 2. The van der Waals surface area contributed by atoms with Crippen LogP contribution in [0.5, 0.6) is 5.75 Å². The summed E-state index contributed by atoms with van der Waals surface area (Å²) in [6, 6.07) is 10.6. The van der Waals surface area contributed by atoms with E-state index in [2.05, 4.69) is 23.7 Å². The van der Waals surface area contributed by atoms with Crippen molar-refractivity contribution in [2.75, 3.05) is 66.7 Å². The first kappa shape index (κ1) is 38.5. The summed E-state index contributed by atoms with van der Waals surface area (Å²) in [6.45, 7) is 10.3. The molecule has 3 N–H and O–H groups in total. The average molecular weight is 685 g/mol. The maximum atomic E-state index is 14.6. The largest absolute Gasteiger partial charge is 0.497 e. The standard InChI is InChI=1S/C37H56N4O8/c1-24(2)31-20-40(26(4)42)21-34(48-6)37(46)33(44)23-49-15-8-7-13-41(36(31)27-10-9-11-30(17-27)47-5)35(45)22-39-14-12-28(19-39)32-18-29(43)16-25(3)38-32/h9-11,16-18,24,28,31,33-34,36-37,44,46H,7-8,12-15,19-23H2,1-6H3,(H,38,43)/t28?,31-,33+,34+,36-,37+/m1/s1. The number of hydrogen-bond acceptors (Lipinski definition) is 9. The molecule has 0 saturated carbocycles. The minimum absolute atomic E-state index is 0.0166. The van der Waals surface area contributed by atoms with Crippen LogP contribution in [0.4, 0.5) is 0 Å². The molecule has 2 fully saturated rings. The van der Waals surface area contributed by atoms with Gasteiger partial charge in [-0.25, -0.2) is 0 Å². The topological polar surface area (TPSA) is 145 Å². The molecular weight excluding hydrogens is 628 g/mol. The second-order valence-electron chi connectivity index (χ2n) is 13.9. The molecule has 0 aliphatic carbocycles. The molecule has 3 heterocycles. The summed E-state index contributed by atoms with van der Waals surface area (Å²) in [5, 5.41) is 21.6. The predicted molar refractivity (Wildman–Crippen MR) is 186 cm³/mol. The van der Waals surface area contributed by atoms with Gasteiger partial charge in [0, 0.05) is 82.2 Å². The smallest absolute Gasteiger partial charge is 0.237 e. The zero-order valence-corrected chi connectivity index (χ0v) is 30.0. The molecule has 12 heteroatoms. The lowest BCUT2D eigenvalue weighted by Gasteiger charge is -2.42. The van der Waals surface area contributed by atoms with Crippen LogP contribution in [-0.4, -0.2) is 127 Å². The van der Waals surface area contributed by atoms with Gasteiger partial charge in [-0.15, -0.1) is 0 Å². The van der Waals surface area contributed by atoms with Crippen molar-refractivity contribution < 1.29 is 34.0 Å². The van der Waals surface area contributed by atoms with E-state index in [1.54, 1.807) is 24.1 Å². The third-order valence-corrected chi connectivity index (χ3v) is 10.0. The van der Waals surface area contributed by atoms with E-state index in [1.807, 2.05) is 36.1 Å². The fourth-order valence-corrected chi connectivity index (χ4v) is 7.18. The third-order valence-electron chi connectivity index (χ3n) is 10.0. The Morgan fingerprint density at radius 2 is 1.84 bits per heavy atom. The molecule has 2 aliphatic heterocycles. The van der Waals surface area contributed by atoms with E-state index in [0.29, 0.717) is 44.8 Å². The number of nitrogens with one attached hydrogen (secondary N) is 1. The highest BCUT2D eigenvalue weighted by Crippen LogP contribution is 2.37. The van der Waals surface area contributed by atoms with Gasteiger partial charge in [0.15, 0.2) is 5.43 Å². The zero-order chi connectivity index (χ0) is 35.7. The molecule has 0 spiro atoms. The number of rotatable bonds is 7. The fraction of sp³-hybridized carbons (Fsp3) is 0.649. The number of aliphatic hydroxyl groups is 2. The number of aromatic amines is 1. The first-order chi connectivity index (χ1) is 23.4. The van der Waals surface area contributed by atoms with Crippen molar-refractivity contribution >= 4 is 11.8 Å². The Morgan fingerprint density at radius 3 is 2.51 bits per heavy atom. The number of ether oxygens (including phenoxy) is 3. The molecule has 12 nitrogen and oxygen atoms in total. The SMILES string of the molecule is COc1cccc([C@@H]2[C@@H](C(C)C)CN(C(C)=O)C[C@H](OC)[C@@H](O)[C@@H](O)COCCCCN2C(=O)CN2CCC(c3cc(=O)cc(C)[nH]3)C2)c1. The highest BCUT2D eigenvalue weighted by Gasteiger charge is 2.38. The van der Waals surface area contributed by atoms with Crippen LogP contribution in [0.1, 0.15) is 68.9 Å². The Kier molecular flexibility index (Phi) is 14.2. The van der Waals surface area contributed by atoms with Crippen LogP contribution in [0.15, 0.2) is 41.2 Å². The van der Waals surface area contributed by atoms with E-state index >= 15 is 0 Å². The van der Waals surface area contributed by atoms with E-state index in [-0.39, 0.29) is 54.7 Å². The number of likely N-dealkylation sites (tertiary alicyclic amines) is 1. The zero-order valence-electron chi connectivity index (χ0n) is 30.0. The fourth-order valence-electron chi connectivity index (χ4n) is 7.18. The van der Waals surface area contributed by atoms with E-state index in [0.717, 1.165) is 29.9 Å². The van der Waals surface area contributed by atoms with E-state index in [1.165, 1.54) is 14.0 Å². The van der Waals surface area contributed by atoms with Crippen LogP contribution in [0, 0.1) is 18.8 Å². The highest BCUT2D eigenvalue weighted by molar-refractivity contribution is 5.79. The number of pyridine rings is 1. The van der Waals surface area contributed by atoms with Crippen molar-refractivity contribution in [1.29, 1.82) is 0 Å². The van der Waals surface area contributed by atoms with Gasteiger partial charge in [0.25, 0.3) is 0 Å². The van der Waals surface area contributed by atoms with Crippen LogP contribution >= 0.6 is 0 Å².